The fraction of sp³-hybridized carbons (Fsp3) is 0.167. The van der Waals surface area contributed by atoms with Crippen molar-refractivity contribution in [2.24, 2.45) is 0 Å². The normalized spacial score (nSPS) is 11.5. The Bertz CT molecular complexity index is 1010. The third-order valence-electron chi connectivity index (χ3n) is 3.75. The standard InChI is InChI=1S/C18H18N4O3S2/c1-22(27(24,25)16-8-5-9-19-11-16)12-17(23)20-10-15-13-26-18(21-15)14-6-3-2-4-7-14/h2-9,11,13H,10,12H2,1H3,(H,20,23). The van der Waals surface area contributed by atoms with E-state index in [1.165, 1.54) is 42.9 Å². The highest BCUT2D eigenvalue weighted by atomic mass is 32.2. The molecule has 0 aliphatic carbocycles. The maximum atomic E-state index is 12.4. The van der Waals surface area contributed by atoms with Crippen LogP contribution < -0.4 is 5.32 Å². The maximum absolute atomic E-state index is 12.4. The lowest BCUT2D eigenvalue weighted by Crippen LogP contribution is -2.38. The van der Waals surface area contributed by atoms with Crippen LogP contribution in [0.3, 0.4) is 0 Å². The number of rotatable bonds is 7. The van der Waals surface area contributed by atoms with Crippen LogP contribution in [0.25, 0.3) is 10.6 Å². The average molecular weight is 403 g/mol. The highest BCUT2D eigenvalue weighted by Gasteiger charge is 2.23. The molecule has 7 nitrogen and oxygen atoms in total. The number of likely N-dealkylation sites (N-methyl/N-ethyl adjacent to an activating group) is 1. The number of carbonyl (C=O) groups is 1. The first kappa shape index (κ1) is 19.2. The minimum atomic E-state index is -3.75. The Morgan fingerprint density at radius 3 is 2.67 bits per heavy atom. The Balaban J connectivity index is 1.56. The number of thiazole rings is 1. The summed E-state index contributed by atoms with van der Waals surface area (Å²) in [6.07, 6.45) is 2.74. The van der Waals surface area contributed by atoms with Gasteiger partial charge in [0.25, 0.3) is 0 Å². The molecule has 0 bridgehead atoms. The van der Waals surface area contributed by atoms with E-state index < -0.39 is 15.9 Å². The molecule has 1 aromatic carbocycles. The van der Waals surface area contributed by atoms with Gasteiger partial charge >= 0.3 is 0 Å². The van der Waals surface area contributed by atoms with E-state index in [1.807, 2.05) is 35.7 Å². The predicted molar refractivity (Wildman–Crippen MR) is 103 cm³/mol. The number of amides is 1. The van der Waals surface area contributed by atoms with E-state index in [0.717, 1.165) is 20.6 Å². The van der Waals surface area contributed by atoms with E-state index in [1.54, 1.807) is 0 Å². The van der Waals surface area contributed by atoms with Crippen LogP contribution in [0.2, 0.25) is 0 Å². The van der Waals surface area contributed by atoms with Crippen molar-refractivity contribution in [2.45, 2.75) is 11.4 Å². The maximum Gasteiger partial charge on any atom is 0.244 e. The summed E-state index contributed by atoms with van der Waals surface area (Å²) in [5.41, 5.74) is 1.74. The van der Waals surface area contributed by atoms with Gasteiger partial charge in [0.2, 0.25) is 15.9 Å². The third-order valence-corrected chi connectivity index (χ3v) is 6.48. The van der Waals surface area contributed by atoms with Crippen molar-refractivity contribution in [3.8, 4) is 10.6 Å². The molecule has 1 N–H and O–H groups in total. The van der Waals surface area contributed by atoms with Gasteiger partial charge in [0.1, 0.15) is 9.90 Å². The number of nitrogens with one attached hydrogen (secondary N) is 1. The minimum Gasteiger partial charge on any atom is -0.349 e. The Hall–Kier alpha value is -2.62. The zero-order valence-electron chi connectivity index (χ0n) is 14.6. The molecule has 2 aromatic heterocycles. The third kappa shape index (κ3) is 4.76. The Morgan fingerprint density at radius 2 is 1.96 bits per heavy atom. The number of sulfonamides is 1. The summed E-state index contributed by atoms with van der Waals surface area (Å²) in [4.78, 5) is 20.5. The van der Waals surface area contributed by atoms with Gasteiger partial charge in [-0.1, -0.05) is 30.3 Å². The van der Waals surface area contributed by atoms with Gasteiger partial charge in [-0.3, -0.25) is 9.78 Å². The molecule has 0 radical (unpaired) electrons. The smallest absolute Gasteiger partial charge is 0.244 e. The topological polar surface area (TPSA) is 92.3 Å². The van der Waals surface area contributed by atoms with Crippen molar-refractivity contribution in [1.82, 2.24) is 19.6 Å². The lowest BCUT2D eigenvalue weighted by molar-refractivity contribution is -0.121. The molecule has 2 heterocycles. The second-order valence-corrected chi connectivity index (χ2v) is 8.64. The van der Waals surface area contributed by atoms with Crippen LogP contribution in [0.4, 0.5) is 0 Å². The molecular weight excluding hydrogens is 384 g/mol. The quantitative estimate of drug-likeness (QED) is 0.654. The predicted octanol–water partition coefficient (Wildman–Crippen LogP) is 2.14. The summed E-state index contributed by atoms with van der Waals surface area (Å²) in [5, 5.41) is 5.45. The molecule has 27 heavy (non-hydrogen) atoms. The van der Waals surface area contributed by atoms with Crippen LogP contribution in [0.15, 0.2) is 65.1 Å². The number of hydrogen-bond acceptors (Lipinski definition) is 6. The van der Waals surface area contributed by atoms with Crippen LogP contribution in [-0.4, -0.2) is 42.2 Å². The summed E-state index contributed by atoms with van der Waals surface area (Å²) in [5.74, 6) is -0.403. The largest absolute Gasteiger partial charge is 0.349 e. The molecule has 0 spiro atoms. The Labute approximate surface area is 161 Å². The van der Waals surface area contributed by atoms with Gasteiger partial charge in [0, 0.05) is 30.4 Å². The first-order valence-corrected chi connectivity index (χ1v) is 10.4. The molecule has 3 rings (SSSR count). The van der Waals surface area contributed by atoms with Gasteiger partial charge in [0.05, 0.1) is 18.8 Å². The van der Waals surface area contributed by atoms with Crippen molar-refractivity contribution in [2.75, 3.05) is 13.6 Å². The first-order valence-electron chi connectivity index (χ1n) is 8.10. The average Bonchev–Trinajstić information content (AvgIpc) is 3.17. The highest BCUT2D eigenvalue weighted by molar-refractivity contribution is 7.89. The summed E-state index contributed by atoms with van der Waals surface area (Å²) in [6.45, 7) is -0.0458. The van der Waals surface area contributed by atoms with Crippen molar-refractivity contribution in [3.63, 3.8) is 0 Å². The Kier molecular flexibility index (Phi) is 5.94. The molecule has 1 amide bonds. The highest BCUT2D eigenvalue weighted by Crippen LogP contribution is 2.23. The lowest BCUT2D eigenvalue weighted by Gasteiger charge is -2.16. The van der Waals surface area contributed by atoms with E-state index in [4.69, 9.17) is 0 Å². The van der Waals surface area contributed by atoms with Crippen LogP contribution in [-0.2, 0) is 21.4 Å². The van der Waals surface area contributed by atoms with Crippen LogP contribution in [0.5, 0.6) is 0 Å². The summed E-state index contributed by atoms with van der Waals surface area (Å²) >= 11 is 1.49. The number of benzene rings is 1. The molecule has 3 aromatic rings. The second kappa shape index (κ2) is 8.38. The summed E-state index contributed by atoms with van der Waals surface area (Å²) in [7, 11) is -2.39. The molecule has 0 aliphatic rings. The van der Waals surface area contributed by atoms with Gasteiger partial charge in [-0.2, -0.15) is 4.31 Å². The number of nitrogens with zero attached hydrogens (tertiary/aromatic N) is 3. The number of hydrogen-bond donors (Lipinski definition) is 1. The van der Waals surface area contributed by atoms with Crippen LogP contribution >= 0.6 is 11.3 Å². The summed E-state index contributed by atoms with van der Waals surface area (Å²) in [6, 6.07) is 12.7. The van der Waals surface area contributed by atoms with E-state index >= 15 is 0 Å². The van der Waals surface area contributed by atoms with Crippen molar-refractivity contribution < 1.29 is 13.2 Å². The minimum absolute atomic E-state index is 0.0484. The zero-order valence-corrected chi connectivity index (χ0v) is 16.2. The molecular formula is C18H18N4O3S2. The SMILES string of the molecule is CN(CC(=O)NCc1csc(-c2ccccc2)n1)S(=O)(=O)c1cccnc1. The molecule has 0 atom stereocenters. The van der Waals surface area contributed by atoms with Gasteiger partial charge in [-0.05, 0) is 12.1 Å². The van der Waals surface area contributed by atoms with Crippen LogP contribution in [0, 0.1) is 0 Å². The van der Waals surface area contributed by atoms with Crippen molar-refractivity contribution >= 4 is 27.3 Å². The van der Waals surface area contributed by atoms with Gasteiger partial charge in [-0.25, -0.2) is 13.4 Å². The molecule has 0 unspecified atom stereocenters. The van der Waals surface area contributed by atoms with Crippen molar-refractivity contribution in [3.05, 3.63) is 65.9 Å². The van der Waals surface area contributed by atoms with E-state index in [0.29, 0.717) is 0 Å². The number of carbonyl (C=O) groups excluding carboxylic acids is 1. The molecule has 9 heteroatoms. The van der Waals surface area contributed by atoms with Crippen molar-refractivity contribution in [1.29, 1.82) is 0 Å². The number of pyridine rings is 1. The fourth-order valence-electron chi connectivity index (χ4n) is 2.31. The Morgan fingerprint density at radius 1 is 1.19 bits per heavy atom. The fourth-order valence-corrected chi connectivity index (χ4v) is 4.23. The van der Waals surface area contributed by atoms with E-state index in [2.05, 4.69) is 15.3 Å². The second-order valence-electron chi connectivity index (χ2n) is 5.74. The van der Waals surface area contributed by atoms with Gasteiger partial charge in [-0.15, -0.1) is 11.3 Å². The lowest BCUT2D eigenvalue weighted by atomic mass is 10.2. The molecule has 0 aliphatic heterocycles. The molecule has 140 valence electrons. The van der Waals surface area contributed by atoms with E-state index in [-0.39, 0.29) is 18.0 Å². The zero-order chi connectivity index (χ0) is 19.3. The molecule has 0 saturated heterocycles. The first-order chi connectivity index (χ1) is 13.0. The van der Waals surface area contributed by atoms with E-state index in [9.17, 15) is 13.2 Å². The van der Waals surface area contributed by atoms with Crippen LogP contribution in [0.1, 0.15) is 5.69 Å². The van der Waals surface area contributed by atoms with Gasteiger partial charge in [0.15, 0.2) is 0 Å². The number of aromatic nitrogens is 2. The molecule has 0 saturated carbocycles. The monoisotopic (exact) mass is 402 g/mol. The summed E-state index contributed by atoms with van der Waals surface area (Å²) < 4.78 is 25.8. The van der Waals surface area contributed by atoms with Gasteiger partial charge < -0.3 is 5.32 Å². The molecule has 0 fully saturated rings.